The van der Waals surface area contributed by atoms with Crippen molar-refractivity contribution in [1.82, 2.24) is 5.32 Å². The van der Waals surface area contributed by atoms with Crippen LogP contribution in [0.3, 0.4) is 0 Å². The summed E-state index contributed by atoms with van der Waals surface area (Å²) in [6.45, 7) is 6.80. The van der Waals surface area contributed by atoms with E-state index in [0.29, 0.717) is 6.23 Å². The monoisotopic (exact) mass is 315 g/mol. The molecule has 0 spiro atoms. The molecule has 0 aromatic heterocycles. The normalized spacial score (nSPS) is 16.5. The SMILES string of the molecule is CC[C@@H](C)CCC(NC)OI(C)CC. The second kappa shape index (κ2) is 8.92. The Labute approximate surface area is 97.1 Å². The molecule has 88 valence electrons. The van der Waals surface area contributed by atoms with Gasteiger partial charge in [-0.25, -0.2) is 0 Å². The topological polar surface area (TPSA) is 21.3 Å². The molecule has 0 aromatic carbocycles. The quantitative estimate of drug-likeness (QED) is 0.421. The number of halogens is 1. The fourth-order valence-electron chi connectivity index (χ4n) is 1.12. The first kappa shape index (κ1) is 14.6. The number of rotatable bonds is 8. The third-order valence-corrected chi connectivity index (χ3v) is 6.21. The molecule has 2 nitrogen and oxygen atoms in total. The number of alkyl halides is 2. The summed E-state index contributed by atoms with van der Waals surface area (Å²) in [4.78, 5) is 2.29. The molecule has 2 atom stereocenters. The average Bonchev–Trinajstić information content (AvgIpc) is 2.22. The van der Waals surface area contributed by atoms with E-state index in [1.807, 2.05) is 7.05 Å². The Balaban J connectivity index is 3.68. The summed E-state index contributed by atoms with van der Waals surface area (Å²) < 4.78 is 7.23. The van der Waals surface area contributed by atoms with Crippen LogP contribution in [0.2, 0.25) is 0 Å². The Hall–Kier alpha value is 0.650. The summed E-state index contributed by atoms with van der Waals surface area (Å²) in [5.41, 5.74) is 0. The fraction of sp³-hybridized carbons (Fsp3) is 1.00. The Morgan fingerprint density at radius 3 is 2.36 bits per heavy atom. The van der Waals surface area contributed by atoms with Crippen LogP contribution in [-0.4, -0.2) is 22.6 Å². The summed E-state index contributed by atoms with van der Waals surface area (Å²) in [6.07, 6.45) is 4.01. The van der Waals surface area contributed by atoms with Crippen molar-refractivity contribution in [3.05, 3.63) is 0 Å². The van der Waals surface area contributed by atoms with Gasteiger partial charge in [0.2, 0.25) is 0 Å². The Morgan fingerprint density at radius 2 is 1.93 bits per heavy atom. The molecule has 0 fully saturated rings. The molecule has 0 saturated heterocycles. The zero-order chi connectivity index (χ0) is 11.0. The summed E-state index contributed by atoms with van der Waals surface area (Å²) in [6, 6.07) is 0. The van der Waals surface area contributed by atoms with E-state index in [9.17, 15) is 0 Å². The van der Waals surface area contributed by atoms with Crippen molar-refractivity contribution < 1.29 is 3.07 Å². The van der Waals surface area contributed by atoms with E-state index in [2.05, 4.69) is 31.0 Å². The minimum absolute atomic E-state index is 0.305. The van der Waals surface area contributed by atoms with E-state index < -0.39 is 20.2 Å². The molecule has 0 aliphatic heterocycles. The van der Waals surface area contributed by atoms with Crippen LogP contribution in [0.5, 0.6) is 0 Å². The molecule has 14 heavy (non-hydrogen) atoms. The van der Waals surface area contributed by atoms with Crippen molar-refractivity contribution in [2.24, 2.45) is 5.92 Å². The summed E-state index contributed by atoms with van der Waals surface area (Å²) in [5, 5.41) is 3.26. The molecule has 0 saturated carbocycles. The molecule has 0 radical (unpaired) electrons. The summed E-state index contributed by atoms with van der Waals surface area (Å²) >= 11 is -1.05. The Kier molecular flexibility index (Phi) is 9.33. The van der Waals surface area contributed by atoms with Gasteiger partial charge in [0.15, 0.2) is 0 Å². The van der Waals surface area contributed by atoms with Crippen molar-refractivity contribution in [1.29, 1.82) is 0 Å². The van der Waals surface area contributed by atoms with E-state index in [1.165, 1.54) is 17.3 Å². The fourth-order valence-corrected chi connectivity index (χ4v) is 3.04. The van der Waals surface area contributed by atoms with Gasteiger partial charge in [0.25, 0.3) is 0 Å². The van der Waals surface area contributed by atoms with Crippen LogP contribution in [0.1, 0.15) is 40.0 Å². The first-order chi connectivity index (χ1) is 6.63. The third kappa shape index (κ3) is 7.01. The van der Waals surface area contributed by atoms with Gasteiger partial charge < -0.3 is 0 Å². The number of hydrogen-bond donors (Lipinski definition) is 1. The van der Waals surface area contributed by atoms with Gasteiger partial charge in [0.05, 0.1) is 0 Å². The van der Waals surface area contributed by atoms with Crippen LogP contribution in [-0.2, 0) is 3.07 Å². The molecule has 1 N–H and O–H groups in total. The number of hydrogen-bond acceptors (Lipinski definition) is 2. The van der Waals surface area contributed by atoms with Crippen molar-refractivity contribution in [2.45, 2.75) is 46.3 Å². The molecular formula is C11H26INO. The summed E-state index contributed by atoms with van der Waals surface area (Å²) in [5.74, 6) is 0.829. The van der Waals surface area contributed by atoms with Crippen LogP contribution in [0.15, 0.2) is 0 Å². The van der Waals surface area contributed by atoms with Crippen LogP contribution >= 0.6 is 20.2 Å². The van der Waals surface area contributed by atoms with Crippen molar-refractivity contribution in [3.63, 3.8) is 0 Å². The van der Waals surface area contributed by atoms with Gasteiger partial charge in [-0.2, -0.15) is 0 Å². The Morgan fingerprint density at radius 1 is 1.29 bits per heavy atom. The molecule has 0 bridgehead atoms. The molecule has 0 heterocycles. The number of nitrogens with one attached hydrogen (secondary N) is 1. The Bertz CT molecular complexity index is 132. The molecular weight excluding hydrogens is 289 g/mol. The van der Waals surface area contributed by atoms with Crippen LogP contribution in [0.4, 0.5) is 0 Å². The van der Waals surface area contributed by atoms with E-state index >= 15 is 0 Å². The van der Waals surface area contributed by atoms with Crippen molar-refractivity contribution in [2.75, 3.05) is 16.4 Å². The molecule has 0 aromatic rings. The second-order valence-electron chi connectivity index (χ2n) is 3.76. The predicted molar refractivity (Wildman–Crippen MR) is 73.1 cm³/mol. The van der Waals surface area contributed by atoms with Gasteiger partial charge in [0, 0.05) is 0 Å². The van der Waals surface area contributed by atoms with Gasteiger partial charge in [-0.15, -0.1) is 0 Å². The van der Waals surface area contributed by atoms with Crippen molar-refractivity contribution >= 4 is 20.2 Å². The molecule has 3 heteroatoms. The van der Waals surface area contributed by atoms with Gasteiger partial charge in [-0.05, 0) is 0 Å². The second-order valence-corrected chi connectivity index (χ2v) is 8.82. The molecule has 0 rings (SSSR count). The first-order valence-corrected chi connectivity index (χ1v) is 10.1. The maximum atomic E-state index is 5.99. The average molecular weight is 315 g/mol. The van der Waals surface area contributed by atoms with Crippen LogP contribution in [0, 0.1) is 5.92 Å². The van der Waals surface area contributed by atoms with Gasteiger partial charge in [-0.3, -0.25) is 0 Å². The van der Waals surface area contributed by atoms with E-state index in [0.717, 1.165) is 12.3 Å². The summed E-state index contributed by atoms with van der Waals surface area (Å²) in [7, 11) is 2.00. The maximum absolute atomic E-state index is 5.99. The molecule has 0 amide bonds. The molecule has 0 aliphatic rings. The van der Waals surface area contributed by atoms with E-state index in [1.54, 1.807) is 0 Å². The molecule has 1 unspecified atom stereocenters. The van der Waals surface area contributed by atoms with E-state index in [4.69, 9.17) is 3.07 Å². The minimum atomic E-state index is -1.05. The molecule has 0 aliphatic carbocycles. The van der Waals surface area contributed by atoms with Crippen LogP contribution < -0.4 is 5.32 Å². The van der Waals surface area contributed by atoms with Crippen molar-refractivity contribution in [3.8, 4) is 0 Å². The van der Waals surface area contributed by atoms with Gasteiger partial charge in [0.1, 0.15) is 0 Å². The van der Waals surface area contributed by atoms with E-state index in [-0.39, 0.29) is 0 Å². The first-order valence-electron chi connectivity index (χ1n) is 5.54. The zero-order valence-electron chi connectivity index (χ0n) is 10.3. The predicted octanol–water partition coefficient (Wildman–Crippen LogP) is 3.45. The third-order valence-electron chi connectivity index (χ3n) is 2.58. The standard InChI is InChI=1S/C11H26INO/c1-6-10(3)8-9-11(13-5)14-12(4)7-2/h10-11,13H,6-9H2,1-5H3/t10-,11?/m1/s1. The van der Waals surface area contributed by atoms with Gasteiger partial charge >= 0.3 is 97.2 Å². The van der Waals surface area contributed by atoms with Crippen LogP contribution in [0.25, 0.3) is 0 Å². The van der Waals surface area contributed by atoms with Gasteiger partial charge in [-0.1, -0.05) is 0 Å². The zero-order valence-corrected chi connectivity index (χ0v) is 12.4.